The largest absolute Gasteiger partial charge is 0.372 e. The smallest absolute Gasteiger partial charge is 0.255 e. The predicted octanol–water partition coefficient (Wildman–Crippen LogP) is 3.19. The van der Waals surface area contributed by atoms with E-state index >= 15 is 0 Å². The molecule has 1 aromatic rings. The van der Waals surface area contributed by atoms with Gasteiger partial charge in [-0.05, 0) is 47.7 Å². The Balaban J connectivity index is 2.08. The highest BCUT2D eigenvalue weighted by Crippen LogP contribution is 2.28. The van der Waals surface area contributed by atoms with Gasteiger partial charge in [-0.25, -0.2) is 4.98 Å². The van der Waals surface area contributed by atoms with E-state index in [0.29, 0.717) is 17.3 Å². The highest BCUT2D eigenvalue weighted by Gasteiger charge is 2.24. The van der Waals surface area contributed by atoms with Crippen molar-refractivity contribution in [3.63, 3.8) is 0 Å². The van der Waals surface area contributed by atoms with Crippen molar-refractivity contribution < 1.29 is 4.79 Å². The van der Waals surface area contributed by atoms with Gasteiger partial charge in [0.2, 0.25) is 0 Å². The van der Waals surface area contributed by atoms with Crippen LogP contribution in [0, 0.1) is 5.92 Å². The van der Waals surface area contributed by atoms with Crippen LogP contribution >= 0.6 is 15.9 Å². The summed E-state index contributed by atoms with van der Waals surface area (Å²) >= 11 is 3.36. The zero-order valence-corrected chi connectivity index (χ0v) is 13.0. The first-order valence-corrected chi connectivity index (χ1v) is 7.55. The second-order valence-corrected chi connectivity index (χ2v) is 6.02. The average molecular weight is 326 g/mol. The maximum Gasteiger partial charge on any atom is 0.255 e. The summed E-state index contributed by atoms with van der Waals surface area (Å²) in [6, 6.07) is 2.02. The van der Waals surface area contributed by atoms with Crippen molar-refractivity contribution in [3.05, 3.63) is 22.3 Å². The molecule has 0 aromatic carbocycles. The molecule has 4 nitrogen and oxygen atoms in total. The Morgan fingerprint density at radius 2 is 2.16 bits per heavy atom. The summed E-state index contributed by atoms with van der Waals surface area (Å²) in [4.78, 5) is 16.5. The number of pyridine rings is 1. The second kappa shape index (κ2) is 6.37. The lowest BCUT2D eigenvalue weighted by Gasteiger charge is -2.21. The number of anilines is 1. The van der Waals surface area contributed by atoms with E-state index in [1.807, 2.05) is 0 Å². The number of aromatic nitrogens is 1. The van der Waals surface area contributed by atoms with Crippen LogP contribution in [-0.4, -0.2) is 24.0 Å². The van der Waals surface area contributed by atoms with Crippen molar-refractivity contribution in [2.75, 3.05) is 12.4 Å². The molecule has 1 atom stereocenters. The van der Waals surface area contributed by atoms with Gasteiger partial charge in [-0.15, -0.1) is 0 Å². The Bertz CT molecular complexity index is 458. The molecule has 0 spiro atoms. The normalized spacial score (nSPS) is 17.2. The molecule has 5 heteroatoms. The molecule has 104 valence electrons. The maximum atomic E-state index is 12.3. The highest BCUT2D eigenvalue weighted by molar-refractivity contribution is 9.10. The SMILES string of the molecule is CNc1ncc(Br)cc1C(=O)NC(C)C1CCCC1. The Morgan fingerprint density at radius 3 is 2.79 bits per heavy atom. The molecule has 1 aliphatic carbocycles. The maximum absolute atomic E-state index is 12.3. The van der Waals surface area contributed by atoms with E-state index in [4.69, 9.17) is 0 Å². The standard InChI is InChI=1S/C14H20BrN3O/c1-9(10-5-3-4-6-10)18-14(19)12-7-11(15)8-17-13(12)16-2/h7-10H,3-6H2,1-2H3,(H,16,17)(H,18,19). The fraction of sp³-hybridized carbons (Fsp3) is 0.571. The number of rotatable bonds is 4. The molecule has 0 saturated heterocycles. The predicted molar refractivity (Wildman–Crippen MR) is 80.4 cm³/mol. The van der Waals surface area contributed by atoms with Crippen LogP contribution in [-0.2, 0) is 0 Å². The monoisotopic (exact) mass is 325 g/mol. The summed E-state index contributed by atoms with van der Waals surface area (Å²) in [6.45, 7) is 2.10. The van der Waals surface area contributed by atoms with Gasteiger partial charge in [0.1, 0.15) is 5.82 Å². The molecular formula is C14H20BrN3O. The molecule has 1 fully saturated rings. The third-order valence-corrected chi connectivity index (χ3v) is 4.24. The molecule has 0 radical (unpaired) electrons. The first kappa shape index (κ1) is 14.3. The Hall–Kier alpha value is -1.10. The van der Waals surface area contributed by atoms with Crippen molar-refractivity contribution in [2.45, 2.75) is 38.6 Å². The fourth-order valence-electron chi connectivity index (χ4n) is 2.67. The summed E-state index contributed by atoms with van der Waals surface area (Å²) in [5, 5.41) is 6.05. The number of halogens is 1. The van der Waals surface area contributed by atoms with Gasteiger partial charge in [0.15, 0.2) is 0 Å². The van der Waals surface area contributed by atoms with Crippen LogP contribution < -0.4 is 10.6 Å². The lowest BCUT2D eigenvalue weighted by molar-refractivity contribution is 0.0927. The third-order valence-electron chi connectivity index (χ3n) is 3.80. The molecule has 1 unspecified atom stereocenters. The lowest BCUT2D eigenvalue weighted by Crippen LogP contribution is -2.37. The summed E-state index contributed by atoms with van der Waals surface area (Å²) in [5.41, 5.74) is 0.585. The van der Waals surface area contributed by atoms with E-state index in [1.165, 1.54) is 25.7 Å². The van der Waals surface area contributed by atoms with Gasteiger partial charge in [-0.3, -0.25) is 4.79 Å². The number of amides is 1. The minimum absolute atomic E-state index is 0.0578. The molecule has 0 bridgehead atoms. The highest BCUT2D eigenvalue weighted by atomic mass is 79.9. The Morgan fingerprint density at radius 1 is 1.47 bits per heavy atom. The molecule has 19 heavy (non-hydrogen) atoms. The quantitative estimate of drug-likeness (QED) is 0.893. The summed E-state index contributed by atoms with van der Waals surface area (Å²) in [7, 11) is 1.77. The van der Waals surface area contributed by atoms with Gasteiger partial charge >= 0.3 is 0 Å². The summed E-state index contributed by atoms with van der Waals surface area (Å²) < 4.78 is 0.810. The van der Waals surface area contributed by atoms with Crippen molar-refractivity contribution in [1.82, 2.24) is 10.3 Å². The van der Waals surface area contributed by atoms with Crippen LogP contribution in [0.4, 0.5) is 5.82 Å². The minimum atomic E-state index is -0.0578. The molecule has 1 aromatic heterocycles. The molecular weight excluding hydrogens is 306 g/mol. The van der Waals surface area contributed by atoms with Gasteiger partial charge in [0.25, 0.3) is 5.91 Å². The van der Waals surface area contributed by atoms with Gasteiger partial charge in [-0.1, -0.05) is 12.8 Å². The van der Waals surface area contributed by atoms with Crippen LogP contribution in [0.25, 0.3) is 0 Å². The first-order valence-electron chi connectivity index (χ1n) is 6.76. The third kappa shape index (κ3) is 3.47. The van der Waals surface area contributed by atoms with E-state index in [2.05, 4.69) is 38.5 Å². The van der Waals surface area contributed by atoms with Crippen LogP contribution in [0.3, 0.4) is 0 Å². The van der Waals surface area contributed by atoms with E-state index in [9.17, 15) is 4.79 Å². The topological polar surface area (TPSA) is 54.0 Å². The Labute approximate surface area is 122 Å². The van der Waals surface area contributed by atoms with E-state index in [1.54, 1.807) is 19.3 Å². The van der Waals surface area contributed by atoms with Crippen LogP contribution in [0.5, 0.6) is 0 Å². The summed E-state index contributed by atoms with van der Waals surface area (Å²) in [6.07, 6.45) is 6.69. The molecule has 2 rings (SSSR count). The molecule has 0 aliphatic heterocycles. The lowest BCUT2D eigenvalue weighted by atomic mass is 9.99. The number of hydrogen-bond donors (Lipinski definition) is 2. The van der Waals surface area contributed by atoms with Crippen molar-refractivity contribution in [2.24, 2.45) is 5.92 Å². The number of hydrogen-bond acceptors (Lipinski definition) is 3. The van der Waals surface area contributed by atoms with Gasteiger partial charge in [0.05, 0.1) is 5.56 Å². The number of carbonyl (C=O) groups is 1. The molecule has 1 heterocycles. The van der Waals surface area contributed by atoms with Crippen molar-refractivity contribution in [3.8, 4) is 0 Å². The zero-order valence-electron chi connectivity index (χ0n) is 11.4. The van der Waals surface area contributed by atoms with E-state index in [0.717, 1.165) is 4.47 Å². The molecule has 1 aliphatic rings. The number of nitrogens with zero attached hydrogens (tertiary/aromatic N) is 1. The first-order chi connectivity index (χ1) is 9.11. The molecule has 1 saturated carbocycles. The Kier molecular flexibility index (Phi) is 4.80. The van der Waals surface area contributed by atoms with Crippen LogP contribution in [0.1, 0.15) is 43.0 Å². The minimum Gasteiger partial charge on any atom is -0.372 e. The average Bonchev–Trinajstić information content (AvgIpc) is 2.92. The fourth-order valence-corrected chi connectivity index (χ4v) is 3.00. The second-order valence-electron chi connectivity index (χ2n) is 5.11. The molecule has 1 amide bonds. The van der Waals surface area contributed by atoms with E-state index in [-0.39, 0.29) is 11.9 Å². The van der Waals surface area contributed by atoms with Gasteiger partial charge in [0, 0.05) is 23.8 Å². The van der Waals surface area contributed by atoms with Crippen LogP contribution in [0.15, 0.2) is 16.7 Å². The summed E-state index contributed by atoms with van der Waals surface area (Å²) in [5.74, 6) is 1.17. The van der Waals surface area contributed by atoms with Gasteiger partial charge < -0.3 is 10.6 Å². The van der Waals surface area contributed by atoms with Crippen molar-refractivity contribution in [1.29, 1.82) is 0 Å². The number of nitrogens with one attached hydrogen (secondary N) is 2. The van der Waals surface area contributed by atoms with Gasteiger partial charge in [-0.2, -0.15) is 0 Å². The molecule has 2 N–H and O–H groups in total. The van der Waals surface area contributed by atoms with Crippen molar-refractivity contribution >= 4 is 27.7 Å². The van der Waals surface area contributed by atoms with E-state index < -0.39 is 0 Å². The van der Waals surface area contributed by atoms with Crippen LogP contribution in [0.2, 0.25) is 0 Å². The zero-order chi connectivity index (χ0) is 13.8. The number of carbonyl (C=O) groups excluding carboxylic acids is 1.